The van der Waals surface area contributed by atoms with E-state index in [0.717, 1.165) is 28.8 Å². The number of benzene rings is 3. The molecule has 0 saturated heterocycles. The number of amides is 3. The second kappa shape index (κ2) is 8.59. The van der Waals surface area contributed by atoms with Crippen molar-refractivity contribution in [1.29, 1.82) is 0 Å². The van der Waals surface area contributed by atoms with Crippen molar-refractivity contribution in [3.63, 3.8) is 0 Å². The van der Waals surface area contributed by atoms with E-state index in [0.29, 0.717) is 29.4 Å². The van der Waals surface area contributed by atoms with E-state index < -0.39 is 0 Å². The summed E-state index contributed by atoms with van der Waals surface area (Å²) in [5, 5.41) is 6.25. The van der Waals surface area contributed by atoms with Gasteiger partial charge >= 0.3 is 6.03 Å². The average molecular weight is 420 g/mol. The largest absolute Gasteiger partial charge is 0.334 e. The summed E-state index contributed by atoms with van der Waals surface area (Å²) in [6, 6.07) is 20.3. The second-order valence-electron chi connectivity index (χ2n) is 7.30. The van der Waals surface area contributed by atoms with E-state index in [1.807, 2.05) is 66.4 Å². The predicted molar refractivity (Wildman–Crippen MR) is 120 cm³/mol. The Morgan fingerprint density at radius 1 is 1.03 bits per heavy atom. The van der Waals surface area contributed by atoms with Crippen molar-refractivity contribution in [3.05, 3.63) is 94.0 Å². The average Bonchev–Trinajstić information content (AvgIpc) is 3.18. The van der Waals surface area contributed by atoms with Crippen LogP contribution in [-0.4, -0.2) is 18.5 Å². The van der Waals surface area contributed by atoms with Gasteiger partial charge < -0.3 is 15.5 Å². The van der Waals surface area contributed by atoms with Crippen molar-refractivity contribution in [2.45, 2.75) is 19.9 Å². The van der Waals surface area contributed by atoms with E-state index in [9.17, 15) is 9.59 Å². The molecule has 2 N–H and O–H groups in total. The predicted octanol–water partition coefficient (Wildman–Crippen LogP) is 5.17. The zero-order chi connectivity index (χ0) is 21.1. The van der Waals surface area contributed by atoms with Gasteiger partial charge in [0, 0.05) is 35.1 Å². The standard InChI is InChI=1S/C24H22ClN3O2/c1-16-7-10-20(25)14-21(16)27-24(30)26-15-17-8-9-18-11-12-28(22(18)13-17)23(29)19-5-3-2-4-6-19/h2-10,13-14H,11-12,15H2,1H3,(H2,26,27,30). The van der Waals surface area contributed by atoms with E-state index in [-0.39, 0.29) is 11.9 Å². The molecule has 5 nitrogen and oxygen atoms in total. The third kappa shape index (κ3) is 4.31. The summed E-state index contributed by atoms with van der Waals surface area (Å²) >= 11 is 6.01. The van der Waals surface area contributed by atoms with Crippen LogP contribution >= 0.6 is 11.6 Å². The summed E-state index contributed by atoms with van der Waals surface area (Å²) in [7, 11) is 0. The van der Waals surface area contributed by atoms with Crippen LogP contribution in [0, 0.1) is 6.92 Å². The lowest BCUT2D eigenvalue weighted by molar-refractivity contribution is 0.0989. The van der Waals surface area contributed by atoms with Crippen LogP contribution in [0.2, 0.25) is 5.02 Å². The highest BCUT2D eigenvalue weighted by Gasteiger charge is 2.25. The molecule has 3 aromatic carbocycles. The fraction of sp³-hybridized carbons (Fsp3) is 0.167. The van der Waals surface area contributed by atoms with Gasteiger partial charge in [-0.2, -0.15) is 0 Å². The summed E-state index contributed by atoms with van der Waals surface area (Å²) in [6.45, 7) is 2.92. The molecule has 0 saturated carbocycles. The van der Waals surface area contributed by atoms with E-state index in [1.54, 1.807) is 12.1 Å². The van der Waals surface area contributed by atoms with Crippen LogP contribution in [0.25, 0.3) is 0 Å². The molecule has 30 heavy (non-hydrogen) atoms. The first-order chi connectivity index (χ1) is 14.5. The van der Waals surface area contributed by atoms with Gasteiger partial charge in [0.1, 0.15) is 0 Å². The number of fused-ring (bicyclic) bond motifs is 1. The van der Waals surface area contributed by atoms with Gasteiger partial charge in [-0.15, -0.1) is 0 Å². The Hall–Kier alpha value is -3.31. The van der Waals surface area contributed by atoms with Gasteiger partial charge in [0.05, 0.1) is 0 Å². The molecule has 1 aliphatic rings. The third-order valence-corrected chi connectivity index (χ3v) is 5.45. The number of hydrogen-bond donors (Lipinski definition) is 2. The van der Waals surface area contributed by atoms with Gasteiger partial charge in [0.2, 0.25) is 0 Å². The Morgan fingerprint density at radius 2 is 1.83 bits per heavy atom. The quantitative estimate of drug-likeness (QED) is 0.612. The second-order valence-corrected chi connectivity index (χ2v) is 7.74. The van der Waals surface area contributed by atoms with Crippen molar-refractivity contribution in [2.75, 3.05) is 16.8 Å². The number of nitrogens with zero attached hydrogens (tertiary/aromatic N) is 1. The molecular formula is C24H22ClN3O2. The number of carbonyl (C=O) groups excluding carboxylic acids is 2. The Bertz CT molecular complexity index is 1100. The topological polar surface area (TPSA) is 61.4 Å². The lowest BCUT2D eigenvalue weighted by Crippen LogP contribution is -2.29. The first-order valence-electron chi connectivity index (χ1n) is 9.81. The SMILES string of the molecule is Cc1ccc(Cl)cc1NC(=O)NCc1ccc2c(c1)N(C(=O)c1ccccc1)CC2. The van der Waals surface area contributed by atoms with E-state index in [1.165, 1.54) is 0 Å². The number of aryl methyl sites for hydroxylation is 1. The summed E-state index contributed by atoms with van der Waals surface area (Å²) in [5.41, 5.74) is 5.26. The number of rotatable bonds is 4. The molecule has 0 unspecified atom stereocenters. The van der Waals surface area contributed by atoms with Crippen molar-refractivity contribution in [1.82, 2.24) is 5.32 Å². The Labute approximate surface area is 180 Å². The van der Waals surface area contributed by atoms with Crippen LogP contribution in [0.15, 0.2) is 66.7 Å². The first kappa shape index (κ1) is 20.0. The molecule has 4 rings (SSSR count). The highest BCUT2D eigenvalue weighted by molar-refractivity contribution is 6.31. The number of carbonyl (C=O) groups is 2. The van der Waals surface area contributed by atoms with Crippen LogP contribution in [0.1, 0.15) is 27.0 Å². The molecule has 3 aromatic rings. The molecule has 1 aliphatic heterocycles. The molecule has 0 spiro atoms. The normalized spacial score (nSPS) is 12.4. The molecule has 0 aromatic heterocycles. The minimum atomic E-state index is -0.307. The third-order valence-electron chi connectivity index (χ3n) is 5.21. The molecule has 3 amide bonds. The fourth-order valence-corrected chi connectivity index (χ4v) is 3.73. The number of urea groups is 1. The zero-order valence-corrected chi connectivity index (χ0v) is 17.4. The van der Waals surface area contributed by atoms with Crippen LogP contribution in [0.4, 0.5) is 16.2 Å². The van der Waals surface area contributed by atoms with Gasteiger partial charge in [-0.05, 0) is 60.4 Å². The lowest BCUT2D eigenvalue weighted by atomic mass is 10.1. The fourth-order valence-electron chi connectivity index (χ4n) is 3.56. The minimum Gasteiger partial charge on any atom is -0.334 e. The number of halogens is 1. The first-order valence-corrected chi connectivity index (χ1v) is 10.2. The molecule has 152 valence electrons. The number of anilines is 2. The lowest BCUT2D eigenvalue weighted by Gasteiger charge is -2.18. The summed E-state index contributed by atoms with van der Waals surface area (Å²) in [6.07, 6.45) is 0.830. The van der Waals surface area contributed by atoms with E-state index in [2.05, 4.69) is 10.6 Å². The maximum Gasteiger partial charge on any atom is 0.319 e. The van der Waals surface area contributed by atoms with Crippen LogP contribution in [-0.2, 0) is 13.0 Å². The summed E-state index contributed by atoms with van der Waals surface area (Å²) in [5.74, 6) is -0.00589. The van der Waals surface area contributed by atoms with Crippen LogP contribution < -0.4 is 15.5 Å². The minimum absolute atomic E-state index is 0.00589. The smallest absolute Gasteiger partial charge is 0.319 e. The maximum atomic E-state index is 12.9. The van der Waals surface area contributed by atoms with E-state index in [4.69, 9.17) is 11.6 Å². The summed E-state index contributed by atoms with van der Waals surface area (Å²) in [4.78, 5) is 27.0. The molecular weight excluding hydrogens is 398 g/mol. The molecule has 0 fully saturated rings. The molecule has 6 heteroatoms. The van der Waals surface area contributed by atoms with Crippen molar-refractivity contribution in [2.24, 2.45) is 0 Å². The maximum absolute atomic E-state index is 12.9. The highest BCUT2D eigenvalue weighted by atomic mass is 35.5. The number of hydrogen-bond acceptors (Lipinski definition) is 2. The van der Waals surface area contributed by atoms with Gasteiger partial charge in [-0.3, -0.25) is 4.79 Å². The highest BCUT2D eigenvalue weighted by Crippen LogP contribution is 2.30. The summed E-state index contributed by atoms with van der Waals surface area (Å²) < 4.78 is 0. The molecule has 1 heterocycles. The molecule has 0 atom stereocenters. The Balaban J connectivity index is 1.43. The van der Waals surface area contributed by atoms with Gasteiger partial charge in [-0.25, -0.2) is 4.79 Å². The van der Waals surface area contributed by atoms with Gasteiger partial charge in [-0.1, -0.05) is 48.0 Å². The molecule has 0 radical (unpaired) electrons. The van der Waals surface area contributed by atoms with Gasteiger partial charge in [0.15, 0.2) is 0 Å². The monoisotopic (exact) mass is 419 g/mol. The molecule has 0 bridgehead atoms. The van der Waals surface area contributed by atoms with E-state index >= 15 is 0 Å². The number of nitrogens with one attached hydrogen (secondary N) is 2. The van der Waals surface area contributed by atoms with Crippen molar-refractivity contribution >= 4 is 34.9 Å². The molecule has 0 aliphatic carbocycles. The van der Waals surface area contributed by atoms with Gasteiger partial charge in [0.25, 0.3) is 5.91 Å². The Kier molecular flexibility index (Phi) is 5.72. The van der Waals surface area contributed by atoms with Crippen LogP contribution in [0.5, 0.6) is 0 Å². The van der Waals surface area contributed by atoms with Crippen molar-refractivity contribution < 1.29 is 9.59 Å². The Morgan fingerprint density at radius 3 is 2.63 bits per heavy atom. The van der Waals surface area contributed by atoms with Crippen molar-refractivity contribution in [3.8, 4) is 0 Å². The zero-order valence-electron chi connectivity index (χ0n) is 16.6. The van der Waals surface area contributed by atoms with Crippen LogP contribution in [0.3, 0.4) is 0 Å².